The topological polar surface area (TPSA) is 63.6 Å². The number of hydrogen-bond acceptors (Lipinski definition) is 5. The van der Waals surface area contributed by atoms with E-state index in [1.165, 1.54) is 17.6 Å². The highest BCUT2D eigenvalue weighted by atomic mass is 32.1. The van der Waals surface area contributed by atoms with E-state index in [2.05, 4.69) is 15.5 Å². The lowest BCUT2D eigenvalue weighted by atomic mass is 10.2. The lowest BCUT2D eigenvalue weighted by Gasteiger charge is -2.02. The Bertz CT molecular complexity index is 692. The molecule has 1 aromatic carbocycles. The molecule has 0 saturated carbocycles. The number of hydrazone groups is 1. The summed E-state index contributed by atoms with van der Waals surface area (Å²) < 4.78 is 5.24. The Morgan fingerprint density at radius 2 is 2.27 bits per heavy atom. The molecule has 1 heterocycles. The Hall–Kier alpha value is -2.47. The van der Waals surface area contributed by atoms with Gasteiger partial charge in [0.25, 0.3) is 0 Å². The van der Waals surface area contributed by atoms with Crippen LogP contribution in [0.2, 0.25) is 0 Å². The van der Waals surface area contributed by atoms with Crippen LogP contribution in [0.3, 0.4) is 0 Å². The van der Waals surface area contributed by atoms with Crippen molar-refractivity contribution < 1.29 is 9.53 Å². The van der Waals surface area contributed by atoms with Gasteiger partial charge in [0.2, 0.25) is 5.91 Å². The van der Waals surface area contributed by atoms with Gasteiger partial charge in [-0.25, -0.2) is 10.4 Å². The monoisotopic (exact) mass is 315 g/mol. The summed E-state index contributed by atoms with van der Waals surface area (Å²) in [6.07, 6.45) is 5.37. The van der Waals surface area contributed by atoms with Crippen LogP contribution in [0.15, 0.2) is 40.8 Å². The van der Waals surface area contributed by atoms with E-state index in [1.807, 2.05) is 42.6 Å². The van der Waals surface area contributed by atoms with Gasteiger partial charge in [0.1, 0.15) is 10.8 Å². The van der Waals surface area contributed by atoms with E-state index >= 15 is 0 Å². The summed E-state index contributed by atoms with van der Waals surface area (Å²) in [5.74, 6) is 0.603. The summed E-state index contributed by atoms with van der Waals surface area (Å²) in [6.45, 7) is 1.90. The molecule has 1 N–H and O–H groups in total. The zero-order valence-electron chi connectivity index (χ0n) is 12.4. The first-order valence-electron chi connectivity index (χ1n) is 6.71. The molecule has 2 aromatic rings. The van der Waals surface area contributed by atoms with Crippen molar-refractivity contribution in [1.29, 1.82) is 0 Å². The second-order valence-corrected chi connectivity index (χ2v) is 5.42. The molecule has 0 unspecified atom stereocenters. The second kappa shape index (κ2) is 8.09. The number of hydrogen-bond donors (Lipinski definition) is 1. The molecule has 0 spiro atoms. The van der Waals surface area contributed by atoms with Gasteiger partial charge in [0.05, 0.1) is 13.5 Å². The van der Waals surface area contributed by atoms with Gasteiger partial charge in [0.15, 0.2) is 0 Å². The average molecular weight is 315 g/mol. The van der Waals surface area contributed by atoms with E-state index < -0.39 is 0 Å². The van der Waals surface area contributed by atoms with Crippen LogP contribution in [-0.4, -0.2) is 24.2 Å². The van der Waals surface area contributed by atoms with E-state index in [1.54, 1.807) is 13.2 Å². The highest BCUT2D eigenvalue weighted by Crippen LogP contribution is 2.18. The maximum atomic E-state index is 11.7. The van der Waals surface area contributed by atoms with Crippen LogP contribution in [0.4, 0.5) is 0 Å². The number of aromatic nitrogens is 1. The first-order valence-corrected chi connectivity index (χ1v) is 7.59. The van der Waals surface area contributed by atoms with Crippen LogP contribution in [0, 0.1) is 6.92 Å². The number of allylic oxidation sites excluding steroid dienone is 1. The Balaban J connectivity index is 1.82. The summed E-state index contributed by atoms with van der Waals surface area (Å²) in [5, 5.41) is 6.57. The maximum Gasteiger partial charge on any atom is 0.246 e. The molecular formula is C16H17N3O2S. The highest BCUT2D eigenvalue weighted by Gasteiger charge is 2.05. The Morgan fingerprint density at radius 1 is 1.45 bits per heavy atom. The fourth-order valence-electron chi connectivity index (χ4n) is 1.76. The summed E-state index contributed by atoms with van der Waals surface area (Å²) in [4.78, 5) is 15.9. The molecule has 0 aliphatic carbocycles. The number of nitrogens with one attached hydrogen (secondary N) is 1. The van der Waals surface area contributed by atoms with Gasteiger partial charge in [-0.2, -0.15) is 5.10 Å². The van der Waals surface area contributed by atoms with Gasteiger partial charge >= 0.3 is 0 Å². The van der Waals surface area contributed by atoms with E-state index in [-0.39, 0.29) is 12.3 Å². The van der Waals surface area contributed by atoms with Crippen molar-refractivity contribution >= 4 is 29.5 Å². The molecule has 0 aliphatic rings. The summed E-state index contributed by atoms with van der Waals surface area (Å²) in [5.41, 5.74) is 4.34. The third-order valence-electron chi connectivity index (χ3n) is 2.74. The number of amides is 1. The number of ether oxygens (including phenoxy) is 1. The normalized spacial score (nSPS) is 11.2. The van der Waals surface area contributed by atoms with Crippen LogP contribution in [0.5, 0.6) is 5.75 Å². The molecule has 5 nitrogen and oxygen atoms in total. The molecule has 0 fully saturated rings. The van der Waals surface area contributed by atoms with Crippen molar-refractivity contribution in [3.05, 3.63) is 52.0 Å². The Morgan fingerprint density at radius 3 is 3.00 bits per heavy atom. The number of thiazole rings is 1. The quantitative estimate of drug-likeness (QED) is 0.658. The van der Waals surface area contributed by atoms with Gasteiger partial charge in [0, 0.05) is 22.9 Å². The second-order valence-electron chi connectivity index (χ2n) is 4.47. The van der Waals surface area contributed by atoms with Crippen LogP contribution in [0.1, 0.15) is 16.3 Å². The summed E-state index contributed by atoms with van der Waals surface area (Å²) in [6, 6.07) is 7.66. The number of methoxy groups -OCH3 is 1. The van der Waals surface area contributed by atoms with Crippen LogP contribution in [-0.2, 0) is 11.2 Å². The number of benzene rings is 1. The molecular weight excluding hydrogens is 298 g/mol. The van der Waals surface area contributed by atoms with Crippen LogP contribution < -0.4 is 10.2 Å². The zero-order chi connectivity index (χ0) is 15.8. The van der Waals surface area contributed by atoms with Crippen molar-refractivity contribution in [2.75, 3.05) is 7.11 Å². The van der Waals surface area contributed by atoms with E-state index in [0.29, 0.717) is 0 Å². The molecule has 22 heavy (non-hydrogen) atoms. The van der Waals surface area contributed by atoms with Gasteiger partial charge in [-0.05, 0) is 25.1 Å². The largest absolute Gasteiger partial charge is 0.496 e. The molecule has 0 atom stereocenters. The van der Waals surface area contributed by atoms with Crippen molar-refractivity contribution in [3.63, 3.8) is 0 Å². The van der Waals surface area contributed by atoms with Crippen LogP contribution in [0.25, 0.3) is 6.08 Å². The maximum absolute atomic E-state index is 11.7. The van der Waals surface area contributed by atoms with E-state index in [9.17, 15) is 4.79 Å². The van der Waals surface area contributed by atoms with Crippen molar-refractivity contribution in [2.24, 2.45) is 5.10 Å². The summed E-state index contributed by atoms with van der Waals surface area (Å²) in [7, 11) is 1.63. The van der Waals surface area contributed by atoms with Crippen molar-refractivity contribution in [1.82, 2.24) is 10.4 Å². The molecule has 2 rings (SSSR count). The third kappa shape index (κ3) is 4.82. The summed E-state index contributed by atoms with van der Waals surface area (Å²) >= 11 is 1.47. The molecule has 0 radical (unpaired) electrons. The smallest absolute Gasteiger partial charge is 0.246 e. The molecule has 1 amide bonds. The first kappa shape index (κ1) is 15.9. The van der Waals surface area contributed by atoms with Crippen LogP contribution >= 0.6 is 11.3 Å². The molecule has 1 aromatic heterocycles. The zero-order valence-corrected chi connectivity index (χ0v) is 13.3. The van der Waals surface area contributed by atoms with Gasteiger partial charge in [-0.15, -0.1) is 11.3 Å². The molecule has 0 bridgehead atoms. The van der Waals surface area contributed by atoms with E-state index in [0.717, 1.165) is 22.0 Å². The minimum atomic E-state index is -0.184. The molecule has 6 heteroatoms. The SMILES string of the molecule is COc1ccccc1/C=C/C=N\NC(=O)Cc1nc(C)cs1. The van der Waals surface area contributed by atoms with Gasteiger partial charge < -0.3 is 4.74 Å². The highest BCUT2D eigenvalue weighted by molar-refractivity contribution is 7.09. The fourth-order valence-corrected chi connectivity index (χ4v) is 2.53. The van der Waals surface area contributed by atoms with Crippen molar-refractivity contribution in [3.8, 4) is 5.75 Å². The third-order valence-corrected chi connectivity index (χ3v) is 3.71. The predicted molar refractivity (Wildman–Crippen MR) is 89.2 cm³/mol. The number of carbonyl (C=O) groups excluding carboxylic acids is 1. The Kier molecular flexibility index (Phi) is 5.85. The Labute approximate surface area is 133 Å². The number of rotatable bonds is 6. The fraction of sp³-hybridized carbons (Fsp3) is 0.188. The first-order chi connectivity index (χ1) is 10.7. The predicted octanol–water partition coefficient (Wildman–Crippen LogP) is 2.82. The molecule has 0 saturated heterocycles. The van der Waals surface area contributed by atoms with Gasteiger partial charge in [-0.1, -0.05) is 18.2 Å². The number of carbonyl (C=O) groups is 1. The minimum absolute atomic E-state index is 0.184. The number of para-hydroxylation sites is 1. The minimum Gasteiger partial charge on any atom is -0.496 e. The number of aryl methyl sites for hydroxylation is 1. The van der Waals surface area contributed by atoms with Crippen molar-refractivity contribution in [2.45, 2.75) is 13.3 Å². The van der Waals surface area contributed by atoms with Gasteiger partial charge in [-0.3, -0.25) is 4.79 Å². The van der Waals surface area contributed by atoms with E-state index in [4.69, 9.17) is 4.74 Å². The average Bonchev–Trinajstić information content (AvgIpc) is 2.92. The lowest BCUT2D eigenvalue weighted by molar-refractivity contribution is -0.120. The number of nitrogens with zero attached hydrogens (tertiary/aromatic N) is 2. The standard InChI is InChI=1S/C16H17N3O2S/c1-12-11-22-16(18-12)10-15(20)19-17-9-5-7-13-6-3-4-8-14(13)21-2/h3-9,11H,10H2,1-2H3,(H,19,20)/b7-5+,17-9-. The molecule has 114 valence electrons. The lowest BCUT2D eigenvalue weighted by Crippen LogP contribution is -2.19. The molecule has 0 aliphatic heterocycles.